The SMILES string of the molecule is CCOC(=O)N1CCC2(CC(N3CCC(c4nnn[nH]4)CC3)C2)C1. The molecule has 2 saturated heterocycles. The number of carbonyl (C=O) groups is 1. The number of piperidine rings is 1. The number of carbonyl (C=O) groups excluding carboxylic acids is 1. The predicted molar refractivity (Wildman–Crippen MR) is 86.4 cm³/mol. The second-order valence-electron chi connectivity index (χ2n) is 7.53. The molecule has 24 heavy (non-hydrogen) atoms. The van der Waals surface area contributed by atoms with Gasteiger partial charge >= 0.3 is 6.09 Å². The number of aromatic amines is 1. The molecule has 1 saturated carbocycles. The van der Waals surface area contributed by atoms with E-state index in [1.54, 1.807) is 0 Å². The van der Waals surface area contributed by atoms with E-state index in [0.29, 0.717) is 24.0 Å². The highest BCUT2D eigenvalue weighted by molar-refractivity contribution is 5.68. The minimum absolute atomic E-state index is 0.140. The molecule has 3 fully saturated rings. The molecule has 8 heteroatoms. The quantitative estimate of drug-likeness (QED) is 0.899. The molecule has 0 unspecified atom stereocenters. The Morgan fingerprint density at radius 1 is 1.33 bits per heavy atom. The van der Waals surface area contributed by atoms with Crippen LogP contribution in [0.3, 0.4) is 0 Å². The average molecular weight is 334 g/mol. The van der Waals surface area contributed by atoms with Gasteiger partial charge in [0.05, 0.1) is 6.61 Å². The molecule has 1 aliphatic carbocycles. The van der Waals surface area contributed by atoms with Gasteiger partial charge in [-0.2, -0.15) is 0 Å². The van der Waals surface area contributed by atoms with Crippen molar-refractivity contribution in [2.75, 3.05) is 32.8 Å². The molecule has 0 aromatic carbocycles. The number of ether oxygens (including phenoxy) is 1. The third-order valence-corrected chi connectivity index (χ3v) is 6.10. The normalized spacial score (nSPS) is 31.4. The first kappa shape index (κ1) is 15.8. The Morgan fingerprint density at radius 3 is 2.79 bits per heavy atom. The van der Waals surface area contributed by atoms with Crippen LogP contribution in [-0.2, 0) is 4.74 Å². The van der Waals surface area contributed by atoms with Crippen LogP contribution >= 0.6 is 0 Å². The van der Waals surface area contributed by atoms with Crippen molar-refractivity contribution in [1.29, 1.82) is 0 Å². The Labute approximate surface area is 141 Å². The molecule has 0 bridgehead atoms. The fourth-order valence-corrected chi connectivity index (χ4v) is 4.71. The predicted octanol–water partition coefficient (Wildman–Crippen LogP) is 1.39. The highest BCUT2D eigenvalue weighted by atomic mass is 16.6. The maximum Gasteiger partial charge on any atom is 0.409 e. The molecular weight excluding hydrogens is 308 g/mol. The lowest BCUT2D eigenvalue weighted by Gasteiger charge is -2.51. The third kappa shape index (κ3) is 2.87. The smallest absolute Gasteiger partial charge is 0.409 e. The van der Waals surface area contributed by atoms with E-state index in [0.717, 1.165) is 51.3 Å². The Balaban J connectivity index is 1.24. The second kappa shape index (κ2) is 6.31. The summed E-state index contributed by atoms with van der Waals surface area (Å²) in [6.45, 7) is 6.29. The van der Waals surface area contributed by atoms with E-state index in [9.17, 15) is 4.79 Å². The molecule has 0 atom stereocenters. The molecule has 1 N–H and O–H groups in total. The molecular formula is C16H26N6O2. The molecule has 2 aliphatic heterocycles. The lowest BCUT2D eigenvalue weighted by Crippen LogP contribution is -2.54. The van der Waals surface area contributed by atoms with Crippen LogP contribution in [0.25, 0.3) is 0 Å². The fourth-order valence-electron chi connectivity index (χ4n) is 4.71. The number of hydrogen-bond donors (Lipinski definition) is 1. The van der Waals surface area contributed by atoms with Gasteiger partial charge in [-0.05, 0) is 68.0 Å². The van der Waals surface area contributed by atoms with Crippen molar-refractivity contribution in [3.8, 4) is 0 Å². The van der Waals surface area contributed by atoms with Crippen molar-refractivity contribution in [2.45, 2.75) is 51.0 Å². The Morgan fingerprint density at radius 2 is 2.12 bits per heavy atom. The molecule has 1 aromatic rings. The zero-order valence-corrected chi connectivity index (χ0v) is 14.3. The summed E-state index contributed by atoms with van der Waals surface area (Å²) in [6, 6.07) is 0.681. The van der Waals surface area contributed by atoms with Crippen LogP contribution < -0.4 is 0 Å². The number of amides is 1. The summed E-state index contributed by atoms with van der Waals surface area (Å²) >= 11 is 0. The zero-order chi connectivity index (χ0) is 16.6. The number of H-pyrrole nitrogens is 1. The van der Waals surface area contributed by atoms with Crippen molar-refractivity contribution in [1.82, 2.24) is 30.4 Å². The van der Waals surface area contributed by atoms with Crippen LogP contribution in [0.15, 0.2) is 0 Å². The first-order valence-corrected chi connectivity index (χ1v) is 9.08. The Bertz CT molecular complexity index is 563. The first-order valence-electron chi connectivity index (χ1n) is 9.08. The Hall–Kier alpha value is -1.70. The monoisotopic (exact) mass is 334 g/mol. The molecule has 1 aromatic heterocycles. The molecule has 132 valence electrons. The van der Waals surface area contributed by atoms with Gasteiger partial charge < -0.3 is 14.5 Å². The molecule has 3 heterocycles. The van der Waals surface area contributed by atoms with Crippen LogP contribution in [0.5, 0.6) is 0 Å². The lowest BCUT2D eigenvalue weighted by molar-refractivity contribution is -0.00507. The van der Waals surface area contributed by atoms with Gasteiger partial charge in [-0.3, -0.25) is 0 Å². The first-order chi connectivity index (χ1) is 11.7. The number of tetrazole rings is 1. The van der Waals surface area contributed by atoms with E-state index in [1.165, 1.54) is 12.8 Å². The summed E-state index contributed by atoms with van der Waals surface area (Å²) in [7, 11) is 0. The second-order valence-corrected chi connectivity index (χ2v) is 7.53. The van der Waals surface area contributed by atoms with Crippen LogP contribution in [0, 0.1) is 5.41 Å². The summed E-state index contributed by atoms with van der Waals surface area (Å²) in [6.07, 6.45) is 5.67. The number of rotatable bonds is 3. The number of likely N-dealkylation sites (tertiary alicyclic amines) is 2. The van der Waals surface area contributed by atoms with E-state index < -0.39 is 0 Å². The van der Waals surface area contributed by atoms with E-state index in [1.807, 2.05) is 11.8 Å². The fraction of sp³-hybridized carbons (Fsp3) is 0.875. The van der Waals surface area contributed by atoms with Gasteiger partial charge in [0, 0.05) is 25.0 Å². The largest absolute Gasteiger partial charge is 0.450 e. The van der Waals surface area contributed by atoms with Gasteiger partial charge in [0.2, 0.25) is 0 Å². The molecule has 3 aliphatic rings. The van der Waals surface area contributed by atoms with Crippen molar-refractivity contribution < 1.29 is 9.53 Å². The Kier molecular flexibility index (Phi) is 4.15. The van der Waals surface area contributed by atoms with Crippen molar-refractivity contribution in [2.24, 2.45) is 5.41 Å². The van der Waals surface area contributed by atoms with Gasteiger partial charge in [0.25, 0.3) is 0 Å². The molecule has 1 spiro atoms. The average Bonchev–Trinajstić information content (AvgIpc) is 3.24. The number of aromatic nitrogens is 4. The van der Waals surface area contributed by atoms with E-state index in [-0.39, 0.29) is 6.09 Å². The van der Waals surface area contributed by atoms with Crippen LogP contribution in [0.1, 0.15) is 50.8 Å². The van der Waals surface area contributed by atoms with Crippen molar-refractivity contribution in [3.63, 3.8) is 0 Å². The van der Waals surface area contributed by atoms with E-state index >= 15 is 0 Å². The molecule has 4 rings (SSSR count). The van der Waals surface area contributed by atoms with Crippen LogP contribution in [0.2, 0.25) is 0 Å². The maximum atomic E-state index is 11.9. The summed E-state index contributed by atoms with van der Waals surface area (Å²) < 4.78 is 5.14. The standard InChI is InChI=1S/C16H26N6O2/c1-2-24-15(23)22-8-5-16(11-22)9-13(10-16)21-6-3-12(4-7-21)14-17-19-20-18-14/h12-13H,2-11H2,1H3,(H,17,18,19,20). The van der Waals surface area contributed by atoms with Crippen molar-refractivity contribution >= 4 is 6.09 Å². The van der Waals surface area contributed by atoms with Crippen LogP contribution in [0.4, 0.5) is 4.79 Å². The van der Waals surface area contributed by atoms with Gasteiger partial charge in [-0.1, -0.05) is 0 Å². The van der Waals surface area contributed by atoms with Crippen molar-refractivity contribution in [3.05, 3.63) is 5.82 Å². The highest BCUT2D eigenvalue weighted by Gasteiger charge is 2.51. The lowest BCUT2D eigenvalue weighted by atomic mass is 9.64. The minimum atomic E-state index is -0.140. The number of hydrogen-bond acceptors (Lipinski definition) is 6. The zero-order valence-electron chi connectivity index (χ0n) is 14.3. The van der Waals surface area contributed by atoms with Gasteiger partial charge in [0.15, 0.2) is 5.82 Å². The number of nitrogens with zero attached hydrogens (tertiary/aromatic N) is 5. The summed E-state index contributed by atoms with van der Waals surface area (Å²) in [5.41, 5.74) is 0.350. The van der Waals surface area contributed by atoms with Gasteiger partial charge in [-0.15, -0.1) is 5.10 Å². The highest BCUT2D eigenvalue weighted by Crippen LogP contribution is 2.50. The third-order valence-electron chi connectivity index (χ3n) is 6.10. The minimum Gasteiger partial charge on any atom is -0.450 e. The van der Waals surface area contributed by atoms with Gasteiger partial charge in [0.1, 0.15) is 0 Å². The molecule has 8 nitrogen and oxygen atoms in total. The van der Waals surface area contributed by atoms with E-state index in [4.69, 9.17) is 4.74 Å². The van der Waals surface area contributed by atoms with Gasteiger partial charge in [-0.25, -0.2) is 9.89 Å². The molecule has 0 radical (unpaired) electrons. The van der Waals surface area contributed by atoms with Crippen LogP contribution in [-0.4, -0.2) is 75.3 Å². The summed E-state index contributed by atoms with van der Waals surface area (Å²) in [4.78, 5) is 16.4. The summed E-state index contributed by atoms with van der Waals surface area (Å²) in [5.74, 6) is 1.40. The number of nitrogens with one attached hydrogen (secondary N) is 1. The maximum absolute atomic E-state index is 11.9. The summed E-state index contributed by atoms with van der Waals surface area (Å²) in [5, 5.41) is 14.3. The molecule has 1 amide bonds. The topological polar surface area (TPSA) is 87.2 Å². The van der Waals surface area contributed by atoms with E-state index in [2.05, 4.69) is 25.5 Å².